The molecule has 7 nitrogen and oxygen atoms in total. The fourth-order valence-corrected chi connectivity index (χ4v) is 16.6. The van der Waals surface area contributed by atoms with Gasteiger partial charge in [-0.2, -0.15) is 0 Å². The average molecular weight is 758 g/mol. The molecule has 1 fully saturated rings. The predicted molar refractivity (Wildman–Crippen MR) is 182 cm³/mol. The second-order valence-electron chi connectivity index (χ2n) is 11.6. The first-order valence-corrected chi connectivity index (χ1v) is 20.6. The SMILES string of the molecule is COCC(=O)c1ccc#cc1CS(=O)(=O)N(CCc1ccccc1F)CI1CCC2=Cc3c(cnn3-c3ccc(F)cc3)C[C@@]21C. The van der Waals surface area contributed by atoms with E-state index in [0.29, 0.717) is 10.1 Å². The van der Waals surface area contributed by atoms with E-state index in [9.17, 15) is 22.0 Å². The zero-order valence-corrected chi connectivity index (χ0v) is 28.6. The number of rotatable bonds is 12. The van der Waals surface area contributed by atoms with Crippen LogP contribution in [0.15, 0.2) is 72.4 Å². The molecule has 240 valence electrons. The Morgan fingerprint density at radius 1 is 1.15 bits per heavy atom. The maximum absolute atomic E-state index is 14.6. The molecule has 0 spiro atoms. The third kappa shape index (κ3) is 6.53. The number of ketones is 1. The Kier molecular flexibility index (Phi) is 9.43. The molecule has 1 aliphatic carbocycles. The van der Waals surface area contributed by atoms with Gasteiger partial charge in [-0.15, -0.1) is 0 Å². The topological polar surface area (TPSA) is 81.5 Å². The molecule has 3 aromatic carbocycles. The van der Waals surface area contributed by atoms with Crippen molar-refractivity contribution in [1.82, 2.24) is 14.1 Å². The van der Waals surface area contributed by atoms with Crippen LogP contribution in [-0.2, 0) is 33.4 Å². The van der Waals surface area contributed by atoms with Crippen molar-refractivity contribution in [3.63, 3.8) is 0 Å². The van der Waals surface area contributed by atoms with Crippen LogP contribution >= 0.6 is 19.8 Å². The molecule has 0 amide bonds. The van der Waals surface area contributed by atoms with Crippen LogP contribution in [0.1, 0.15) is 46.1 Å². The number of carbonyl (C=O) groups is 1. The molecule has 1 aromatic heterocycles. The Labute approximate surface area is 275 Å². The summed E-state index contributed by atoms with van der Waals surface area (Å²) >= 11 is -2.05. The molecule has 2 heterocycles. The van der Waals surface area contributed by atoms with E-state index in [0.717, 1.165) is 34.2 Å². The number of fused-ring (bicyclic) bond motifs is 2. The molecule has 11 heteroatoms. The number of aromatic nitrogens is 2. The number of methoxy groups -OCH3 is 1. The van der Waals surface area contributed by atoms with E-state index >= 15 is 0 Å². The number of alkyl halides is 3. The Balaban J connectivity index is 1.29. The summed E-state index contributed by atoms with van der Waals surface area (Å²) in [5.74, 6) is -1.42. The minimum atomic E-state index is -3.94. The van der Waals surface area contributed by atoms with Crippen LogP contribution in [0.25, 0.3) is 11.8 Å². The van der Waals surface area contributed by atoms with Gasteiger partial charge in [0.05, 0.1) is 0 Å². The number of hydrogen-bond acceptors (Lipinski definition) is 5. The maximum atomic E-state index is 14.6. The van der Waals surface area contributed by atoms with Gasteiger partial charge >= 0.3 is 277 Å². The molecule has 0 bridgehead atoms. The van der Waals surface area contributed by atoms with E-state index in [4.69, 9.17) is 4.74 Å². The number of hydrogen-bond donors (Lipinski definition) is 0. The zero-order chi connectivity index (χ0) is 32.5. The summed E-state index contributed by atoms with van der Waals surface area (Å²) in [6.45, 7) is 2.20. The van der Waals surface area contributed by atoms with Crippen LogP contribution in [-0.4, -0.2) is 60.9 Å². The zero-order valence-electron chi connectivity index (χ0n) is 25.6. The Bertz CT molecular complexity index is 1890. The molecule has 2 aliphatic rings. The average Bonchev–Trinajstić information content (AvgIpc) is 3.58. The number of halogens is 3. The normalized spacial score (nSPS) is 18.2. The van der Waals surface area contributed by atoms with Crippen molar-refractivity contribution < 1.29 is 26.7 Å². The number of allylic oxidation sites excluding steroid dienone is 1. The Morgan fingerprint density at radius 2 is 1.93 bits per heavy atom. The molecule has 4 aromatic rings. The van der Waals surface area contributed by atoms with E-state index in [1.54, 1.807) is 36.4 Å². The fourth-order valence-electron chi connectivity index (χ4n) is 6.13. The summed E-state index contributed by atoms with van der Waals surface area (Å²) in [5.41, 5.74) is 5.07. The number of benzene rings is 2. The second-order valence-corrected chi connectivity index (χ2v) is 20.3. The second kappa shape index (κ2) is 13.4. The summed E-state index contributed by atoms with van der Waals surface area (Å²) in [4.78, 5) is 12.7. The van der Waals surface area contributed by atoms with Crippen molar-refractivity contribution in [3.05, 3.63) is 124 Å². The molecule has 0 saturated carbocycles. The summed E-state index contributed by atoms with van der Waals surface area (Å²) in [5, 5.41) is 4.62. The van der Waals surface area contributed by atoms with Crippen molar-refractivity contribution in [2.24, 2.45) is 0 Å². The fraction of sp³-hybridized carbons (Fsp3) is 0.314. The van der Waals surface area contributed by atoms with Crippen molar-refractivity contribution in [1.29, 1.82) is 0 Å². The van der Waals surface area contributed by atoms with Crippen molar-refractivity contribution >= 4 is 41.7 Å². The standard InChI is InChI=1S/C35H34F2IN3O4S/c1-35-20-27-21-39-41(30-13-11-29(36)12-14-30)33(27)19-28(35)15-17-38(35)24-40(18-16-25-7-4-6-10-32(25)37)46(43,44)23-26-8-3-5-9-31(26)34(42)22-45-2/h4-7,9-14,19,21H,15-18,20,22-24H2,1-2H3/t35-/m0/s1. The van der Waals surface area contributed by atoms with E-state index in [1.807, 2.05) is 10.9 Å². The van der Waals surface area contributed by atoms with E-state index in [-0.39, 0.29) is 51.5 Å². The molecule has 0 N–H and O–H groups in total. The van der Waals surface area contributed by atoms with Gasteiger partial charge in [-0.05, 0) is 0 Å². The molecule has 1 atom stereocenters. The van der Waals surface area contributed by atoms with Crippen molar-refractivity contribution in [2.45, 2.75) is 35.4 Å². The third-order valence-corrected chi connectivity index (χ3v) is 18.8. The van der Waals surface area contributed by atoms with Crippen LogP contribution < -0.4 is 0 Å². The summed E-state index contributed by atoms with van der Waals surface area (Å²) in [6, 6.07) is 21.4. The van der Waals surface area contributed by atoms with Crippen LogP contribution in [0.2, 0.25) is 0 Å². The molecule has 46 heavy (non-hydrogen) atoms. The van der Waals surface area contributed by atoms with Gasteiger partial charge in [0, 0.05) is 0 Å². The molecule has 6 rings (SSSR count). The summed E-state index contributed by atoms with van der Waals surface area (Å²) in [6.07, 6.45) is 5.89. The van der Waals surface area contributed by atoms with Gasteiger partial charge in [-0.3, -0.25) is 0 Å². The monoisotopic (exact) mass is 757 g/mol. The third-order valence-electron chi connectivity index (χ3n) is 8.69. The van der Waals surface area contributed by atoms with Crippen LogP contribution in [0.4, 0.5) is 8.78 Å². The number of carbonyl (C=O) groups excluding carboxylic acids is 1. The first-order valence-electron chi connectivity index (χ1n) is 14.9. The number of Topliss-reactive ketones (excluding diaryl/α,β-unsaturated/α-hetero) is 1. The van der Waals surface area contributed by atoms with Gasteiger partial charge in [-0.1, -0.05) is 0 Å². The van der Waals surface area contributed by atoms with Gasteiger partial charge in [-0.25, -0.2) is 0 Å². The van der Waals surface area contributed by atoms with Gasteiger partial charge in [0.1, 0.15) is 0 Å². The molecular formula is C35H34F2IN3O4S. The molecular weight excluding hydrogens is 723 g/mol. The van der Waals surface area contributed by atoms with E-state index < -0.39 is 35.6 Å². The quantitative estimate of drug-likeness (QED) is 0.0743. The van der Waals surface area contributed by atoms with Crippen LogP contribution in [0.3, 0.4) is 0 Å². The molecule has 1 saturated heterocycles. The van der Waals surface area contributed by atoms with Gasteiger partial charge in [0.15, 0.2) is 0 Å². The number of ether oxygens (including phenoxy) is 1. The number of sulfonamides is 1. The van der Waals surface area contributed by atoms with Crippen LogP contribution in [0, 0.1) is 23.8 Å². The predicted octanol–water partition coefficient (Wildman–Crippen LogP) is 6.22. The molecule has 0 radical (unpaired) electrons. The number of nitrogens with zero attached hydrogens (tertiary/aromatic N) is 3. The van der Waals surface area contributed by atoms with E-state index in [1.165, 1.54) is 41.3 Å². The first kappa shape index (κ1) is 32.5. The Morgan fingerprint density at radius 3 is 2.70 bits per heavy atom. The summed E-state index contributed by atoms with van der Waals surface area (Å²) in [7, 11) is -2.53. The van der Waals surface area contributed by atoms with Gasteiger partial charge < -0.3 is 0 Å². The first-order chi connectivity index (χ1) is 22.1. The van der Waals surface area contributed by atoms with Gasteiger partial charge in [0.2, 0.25) is 0 Å². The van der Waals surface area contributed by atoms with Crippen molar-refractivity contribution in [2.75, 3.05) is 29.2 Å². The Hall–Kier alpha value is -3.44. The molecule has 0 unspecified atom stereocenters. The van der Waals surface area contributed by atoms with Gasteiger partial charge in [0.25, 0.3) is 0 Å². The van der Waals surface area contributed by atoms with Crippen LogP contribution in [0.5, 0.6) is 0 Å². The molecule has 1 aliphatic heterocycles. The minimum absolute atomic E-state index is 0.123. The van der Waals surface area contributed by atoms with Crippen molar-refractivity contribution in [3.8, 4) is 5.69 Å². The summed E-state index contributed by atoms with van der Waals surface area (Å²) < 4.78 is 66.1. The van der Waals surface area contributed by atoms with E-state index in [2.05, 4.69) is 30.2 Å².